The lowest BCUT2D eigenvalue weighted by Gasteiger charge is -2.45. The van der Waals surface area contributed by atoms with Crippen LogP contribution in [0.15, 0.2) is 29.3 Å². The molecule has 4 nitrogen and oxygen atoms in total. The summed E-state index contributed by atoms with van der Waals surface area (Å²) in [6.45, 7) is 5.91. The molecular weight excluding hydrogens is 276 g/mol. The molecule has 1 heterocycles. The van der Waals surface area contributed by atoms with Crippen LogP contribution in [0.5, 0.6) is 5.75 Å². The second kappa shape index (κ2) is 7.25. The molecule has 1 fully saturated rings. The number of rotatable bonds is 5. The van der Waals surface area contributed by atoms with Gasteiger partial charge in [0.15, 0.2) is 0 Å². The SMILES string of the molecule is COc1ccc(C=NCC[C@]2(O)C[C@H](C)N(C)C[C@H]2C)cc1. The summed E-state index contributed by atoms with van der Waals surface area (Å²) in [5.41, 5.74) is 0.459. The third kappa shape index (κ3) is 4.08. The Morgan fingerprint density at radius 1 is 1.36 bits per heavy atom. The molecule has 0 radical (unpaired) electrons. The molecule has 0 saturated carbocycles. The number of aliphatic imine (C=N–C) groups is 1. The van der Waals surface area contributed by atoms with Crippen LogP contribution >= 0.6 is 0 Å². The number of methoxy groups -OCH3 is 1. The van der Waals surface area contributed by atoms with Crippen molar-refractivity contribution in [2.75, 3.05) is 27.2 Å². The Labute approximate surface area is 133 Å². The molecule has 22 heavy (non-hydrogen) atoms. The maximum absolute atomic E-state index is 10.9. The topological polar surface area (TPSA) is 45.1 Å². The van der Waals surface area contributed by atoms with Gasteiger partial charge in [0, 0.05) is 25.3 Å². The molecule has 0 unspecified atom stereocenters. The third-order valence-corrected chi connectivity index (χ3v) is 4.91. The summed E-state index contributed by atoms with van der Waals surface area (Å²) in [5.74, 6) is 1.13. The van der Waals surface area contributed by atoms with Gasteiger partial charge in [0.2, 0.25) is 0 Å². The number of hydrogen-bond donors (Lipinski definition) is 1. The maximum Gasteiger partial charge on any atom is 0.118 e. The zero-order valence-corrected chi connectivity index (χ0v) is 14.1. The van der Waals surface area contributed by atoms with Crippen molar-refractivity contribution in [1.82, 2.24) is 4.90 Å². The van der Waals surface area contributed by atoms with Gasteiger partial charge in [-0.2, -0.15) is 0 Å². The number of ether oxygens (including phenoxy) is 1. The van der Waals surface area contributed by atoms with Crippen LogP contribution in [0.3, 0.4) is 0 Å². The predicted molar refractivity (Wildman–Crippen MR) is 90.9 cm³/mol. The average molecular weight is 304 g/mol. The van der Waals surface area contributed by atoms with E-state index in [2.05, 4.69) is 30.8 Å². The van der Waals surface area contributed by atoms with Gasteiger partial charge in [-0.05, 0) is 62.6 Å². The van der Waals surface area contributed by atoms with Crippen molar-refractivity contribution in [3.63, 3.8) is 0 Å². The van der Waals surface area contributed by atoms with Crippen molar-refractivity contribution in [2.45, 2.75) is 38.3 Å². The molecule has 1 aliphatic heterocycles. The molecule has 4 heteroatoms. The zero-order valence-electron chi connectivity index (χ0n) is 14.1. The van der Waals surface area contributed by atoms with Crippen LogP contribution in [0.2, 0.25) is 0 Å². The van der Waals surface area contributed by atoms with Crippen LogP contribution in [0, 0.1) is 5.92 Å². The first kappa shape index (κ1) is 17.0. The Kier molecular flexibility index (Phi) is 5.59. The lowest BCUT2D eigenvalue weighted by Crippen LogP contribution is -2.53. The Balaban J connectivity index is 1.87. The third-order valence-electron chi connectivity index (χ3n) is 4.91. The summed E-state index contributed by atoms with van der Waals surface area (Å²) >= 11 is 0. The highest BCUT2D eigenvalue weighted by Crippen LogP contribution is 2.33. The van der Waals surface area contributed by atoms with Gasteiger partial charge in [-0.3, -0.25) is 4.99 Å². The number of aliphatic hydroxyl groups is 1. The minimum atomic E-state index is -0.594. The summed E-state index contributed by atoms with van der Waals surface area (Å²) in [5, 5.41) is 10.9. The molecule has 1 N–H and O–H groups in total. The first-order valence-electron chi connectivity index (χ1n) is 8.01. The van der Waals surface area contributed by atoms with Gasteiger partial charge in [-0.15, -0.1) is 0 Å². The highest BCUT2D eigenvalue weighted by Gasteiger charge is 2.40. The average Bonchev–Trinajstić information content (AvgIpc) is 2.50. The highest BCUT2D eigenvalue weighted by molar-refractivity contribution is 5.79. The standard InChI is InChI=1S/C18H28N2O2/c1-14-13-20(3)15(2)11-18(14,21)9-10-19-12-16-5-7-17(22-4)8-6-16/h5-8,12,14-15,21H,9-11,13H2,1-4H3/t14-,15+,18+/m1/s1. The van der Waals surface area contributed by atoms with E-state index in [1.165, 1.54) is 0 Å². The van der Waals surface area contributed by atoms with E-state index in [1.807, 2.05) is 30.5 Å². The van der Waals surface area contributed by atoms with Gasteiger partial charge in [-0.25, -0.2) is 0 Å². The van der Waals surface area contributed by atoms with E-state index in [4.69, 9.17) is 4.74 Å². The Bertz CT molecular complexity index is 500. The van der Waals surface area contributed by atoms with Gasteiger partial charge < -0.3 is 14.7 Å². The molecule has 1 aromatic rings. The molecule has 2 rings (SSSR count). The summed E-state index contributed by atoms with van der Waals surface area (Å²) in [6, 6.07) is 8.24. The maximum atomic E-state index is 10.9. The normalized spacial score (nSPS) is 29.9. The lowest BCUT2D eigenvalue weighted by atomic mass is 9.77. The van der Waals surface area contributed by atoms with Crippen molar-refractivity contribution in [2.24, 2.45) is 10.9 Å². The van der Waals surface area contributed by atoms with E-state index in [-0.39, 0.29) is 5.92 Å². The summed E-state index contributed by atoms with van der Waals surface area (Å²) < 4.78 is 5.14. The van der Waals surface area contributed by atoms with Crippen LogP contribution in [0.25, 0.3) is 0 Å². The molecule has 0 aliphatic carbocycles. The minimum Gasteiger partial charge on any atom is -0.497 e. The van der Waals surface area contributed by atoms with Crippen LogP contribution < -0.4 is 4.74 Å². The molecule has 1 aromatic carbocycles. The fourth-order valence-corrected chi connectivity index (χ4v) is 3.12. The Hall–Kier alpha value is -1.39. The van der Waals surface area contributed by atoms with E-state index in [0.29, 0.717) is 12.6 Å². The predicted octanol–water partition coefficient (Wildman–Crippen LogP) is 2.60. The van der Waals surface area contributed by atoms with Crippen LogP contribution in [0.1, 0.15) is 32.3 Å². The second-order valence-electron chi connectivity index (χ2n) is 6.56. The highest BCUT2D eigenvalue weighted by atomic mass is 16.5. The number of hydrogen-bond acceptors (Lipinski definition) is 4. The van der Waals surface area contributed by atoms with Crippen LogP contribution in [-0.4, -0.2) is 55.1 Å². The number of benzene rings is 1. The zero-order chi connectivity index (χ0) is 16.2. The molecule has 0 amide bonds. The van der Waals surface area contributed by atoms with Gasteiger partial charge in [0.1, 0.15) is 5.75 Å². The quantitative estimate of drug-likeness (QED) is 0.851. The van der Waals surface area contributed by atoms with Crippen LogP contribution in [0.4, 0.5) is 0 Å². The Morgan fingerprint density at radius 2 is 2.05 bits per heavy atom. The largest absolute Gasteiger partial charge is 0.497 e. The van der Waals surface area contributed by atoms with Crippen molar-refractivity contribution >= 4 is 6.21 Å². The van der Waals surface area contributed by atoms with E-state index < -0.39 is 5.60 Å². The number of nitrogens with zero attached hydrogens (tertiary/aromatic N) is 2. The smallest absolute Gasteiger partial charge is 0.118 e. The molecule has 0 aromatic heterocycles. The van der Waals surface area contributed by atoms with Gasteiger partial charge in [0.05, 0.1) is 12.7 Å². The summed E-state index contributed by atoms with van der Waals surface area (Å²) in [7, 11) is 3.79. The van der Waals surface area contributed by atoms with Gasteiger partial charge in [-0.1, -0.05) is 6.92 Å². The van der Waals surface area contributed by atoms with Crippen molar-refractivity contribution < 1.29 is 9.84 Å². The minimum absolute atomic E-state index is 0.282. The first-order chi connectivity index (χ1) is 10.4. The van der Waals surface area contributed by atoms with E-state index >= 15 is 0 Å². The van der Waals surface area contributed by atoms with Gasteiger partial charge >= 0.3 is 0 Å². The van der Waals surface area contributed by atoms with Gasteiger partial charge in [0.25, 0.3) is 0 Å². The van der Waals surface area contributed by atoms with E-state index in [1.54, 1.807) is 7.11 Å². The fraction of sp³-hybridized carbons (Fsp3) is 0.611. The van der Waals surface area contributed by atoms with E-state index in [0.717, 1.165) is 30.7 Å². The van der Waals surface area contributed by atoms with Crippen molar-refractivity contribution in [3.8, 4) is 5.75 Å². The number of likely N-dealkylation sites (tertiary alicyclic amines) is 1. The van der Waals surface area contributed by atoms with Crippen molar-refractivity contribution in [1.29, 1.82) is 0 Å². The molecular formula is C18H28N2O2. The molecule has 122 valence electrons. The molecule has 0 bridgehead atoms. The van der Waals surface area contributed by atoms with E-state index in [9.17, 15) is 5.11 Å². The molecule has 3 atom stereocenters. The molecule has 1 aliphatic rings. The van der Waals surface area contributed by atoms with Crippen LogP contribution in [-0.2, 0) is 0 Å². The monoisotopic (exact) mass is 304 g/mol. The fourth-order valence-electron chi connectivity index (χ4n) is 3.12. The summed E-state index contributed by atoms with van der Waals surface area (Å²) in [6.07, 6.45) is 3.41. The molecule has 0 spiro atoms. The number of piperidine rings is 1. The first-order valence-corrected chi connectivity index (χ1v) is 8.01. The second-order valence-corrected chi connectivity index (χ2v) is 6.56. The summed E-state index contributed by atoms with van der Waals surface area (Å²) in [4.78, 5) is 6.79. The molecule has 1 saturated heterocycles. The van der Waals surface area contributed by atoms with Crippen molar-refractivity contribution in [3.05, 3.63) is 29.8 Å². The Morgan fingerprint density at radius 3 is 2.68 bits per heavy atom. The lowest BCUT2D eigenvalue weighted by molar-refractivity contribution is -0.0818.